The first-order valence-corrected chi connectivity index (χ1v) is 9.76. The molecule has 3 saturated carbocycles. The first-order chi connectivity index (χ1) is 12.8. The van der Waals surface area contributed by atoms with Crippen LogP contribution >= 0.6 is 0 Å². The Morgan fingerprint density at radius 1 is 1.25 bits per heavy atom. The molecular formula is C21H26F2O5. The molecule has 3 N–H and O–H groups in total. The van der Waals surface area contributed by atoms with Crippen molar-refractivity contribution in [3.63, 3.8) is 0 Å². The quantitative estimate of drug-likeness (QED) is 0.633. The molecule has 4 aliphatic rings. The third-order valence-corrected chi connectivity index (χ3v) is 8.54. The highest BCUT2D eigenvalue weighted by atomic mass is 19.1. The summed E-state index contributed by atoms with van der Waals surface area (Å²) >= 11 is 0. The van der Waals surface area contributed by atoms with Crippen LogP contribution in [0.15, 0.2) is 23.8 Å². The van der Waals surface area contributed by atoms with Gasteiger partial charge in [0.15, 0.2) is 17.1 Å². The molecule has 0 unspecified atom stereocenters. The van der Waals surface area contributed by atoms with E-state index in [0.29, 0.717) is 0 Å². The minimum absolute atomic E-state index is 0.0287. The number of fused-ring (bicyclic) bond motifs is 5. The maximum Gasteiger partial charge on any atom is 0.336 e. The summed E-state index contributed by atoms with van der Waals surface area (Å²) in [5.41, 5.74) is -7.14. The average molecular weight is 396 g/mol. The van der Waals surface area contributed by atoms with E-state index in [9.17, 15) is 24.9 Å². The van der Waals surface area contributed by atoms with Crippen LogP contribution in [0, 0.1) is 28.6 Å². The number of aliphatic carboxylic acids is 1. The normalized spacial score (nSPS) is 55.2. The van der Waals surface area contributed by atoms with Crippen molar-refractivity contribution in [2.24, 2.45) is 28.6 Å². The lowest BCUT2D eigenvalue weighted by Crippen LogP contribution is -2.70. The van der Waals surface area contributed by atoms with E-state index in [2.05, 4.69) is 0 Å². The lowest BCUT2D eigenvalue weighted by atomic mass is 9.44. The van der Waals surface area contributed by atoms with Crippen LogP contribution in [0.25, 0.3) is 0 Å². The van der Waals surface area contributed by atoms with Gasteiger partial charge in [0.2, 0.25) is 0 Å². The minimum atomic E-state index is -2.26. The van der Waals surface area contributed by atoms with E-state index in [4.69, 9.17) is 0 Å². The van der Waals surface area contributed by atoms with Crippen LogP contribution in [-0.4, -0.2) is 50.6 Å². The van der Waals surface area contributed by atoms with Crippen LogP contribution in [0.5, 0.6) is 0 Å². The number of allylic oxidation sites excluding steroid dienone is 4. The number of carboxylic acid groups (broad SMARTS) is 1. The first-order valence-electron chi connectivity index (χ1n) is 9.76. The van der Waals surface area contributed by atoms with E-state index < -0.39 is 63.9 Å². The zero-order chi connectivity index (χ0) is 20.9. The number of aliphatic hydroxyl groups is 2. The van der Waals surface area contributed by atoms with Gasteiger partial charge < -0.3 is 15.3 Å². The molecular weight excluding hydrogens is 370 g/mol. The van der Waals surface area contributed by atoms with Crippen LogP contribution in [-0.2, 0) is 9.59 Å². The SMILES string of the molecule is C[C@@H]1C[C@H]2[C@H]3C[C@@H](F)C4=CC(=O)C=C[C@]4(C)[C@]3(F)[C@H](O)C[C@]2(C)[C@]1(O)C(=O)O. The summed E-state index contributed by atoms with van der Waals surface area (Å²) in [5.74, 6) is -4.07. The number of carboxylic acids is 1. The molecule has 5 nitrogen and oxygen atoms in total. The highest BCUT2D eigenvalue weighted by molar-refractivity contribution is 6.01. The molecule has 0 amide bonds. The molecule has 0 heterocycles. The zero-order valence-corrected chi connectivity index (χ0v) is 16.2. The molecule has 0 aromatic rings. The van der Waals surface area contributed by atoms with Crippen LogP contribution in [0.3, 0.4) is 0 Å². The molecule has 154 valence electrons. The number of rotatable bonds is 1. The van der Waals surface area contributed by atoms with Crippen LogP contribution in [0.2, 0.25) is 0 Å². The second-order valence-corrected chi connectivity index (χ2v) is 9.57. The van der Waals surface area contributed by atoms with Gasteiger partial charge in [0.1, 0.15) is 6.17 Å². The van der Waals surface area contributed by atoms with Gasteiger partial charge in [-0.1, -0.05) is 19.9 Å². The molecule has 3 fully saturated rings. The molecule has 9 atom stereocenters. The molecule has 28 heavy (non-hydrogen) atoms. The first kappa shape index (κ1) is 19.7. The summed E-state index contributed by atoms with van der Waals surface area (Å²) in [6, 6.07) is 0. The predicted molar refractivity (Wildman–Crippen MR) is 95.8 cm³/mol. The smallest absolute Gasteiger partial charge is 0.336 e. The van der Waals surface area contributed by atoms with Gasteiger partial charge in [-0.15, -0.1) is 0 Å². The Morgan fingerprint density at radius 3 is 2.50 bits per heavy atom. The van der Waals surface area contributed by atoms with Gasteiger partial charge in [-0.25, -0.2) is 13.6 Å². The highest BCUT2D eigenvalue weighted by Gasteiger charge is 2.76. The molecule has 0 spiro atoms. The van der Waals surface area contributed by atoms with Gasteiger partial charge in [-0.05, 0) is 55.7 Å². The summed E-state index contributed by atoms with van der Waals surface area (Å²) < 4.78 is 31.9. The Hall–Kier alpha value is -1.60. The summed E-state index contributed by atoms with van der Waals surface area (Å²) in [7, 11) is 0. The van der Waals surface area contributed by atoms with E-state index in [1.54, 1.807) is 13.8 Å². The lowest BCUT2D eigenvalue weighted by molar-refractivity contribution is -0.229. The Bertz CT molecular complexity index is 824. The van der Waals surface area contributed by atoms with Crippen molar-refractivity contribution in [1.29, 1.82) is 0 Å². The fraction of sp³-hybridized carbons (Fsp3) is 0.714. The monoisotopic (exact) mass is 396 g/mol. The predicted octanol–water partition coefficient (Wildman–Crippen LogP) is 2.37. The van der Waals surface area contributed by atoms with E-state index in [1.165, 1.54) is 19.1 Å². The van der Waals surface area contributed by atoms with Crippen molar-refractivity contribution < 1.29 is 33.7 Å². The Balaban J connectivity index is 1.88. The maximum atomic E-state index is 16.8. The fourth-order valence-electron chi connectivity index (χ4n) is 7.00. The molecule has 0 bridgehead atoms. The van der Waals surface area contributed by atoms with Crippen LogP contribution in [0.1, 0.15) is 40.0 Å². The lowest BCUT2D eigenvalue weighted by Gasteiger charge is -2.62. The summed E-state index contributed by atoms with van der Waals surface area (Å²) in [5, 5.41) is 31.8. The van der Waals surface area contributed by atoms with Crippen LogP contribution < -0.4 is 0 Å². The zero-order valence-electron chi connectivity index (χ0n) is 16.2. The number of alkyl halides is 2. The fourth-order valence-corrected chi connectivity index (χ4v) is 7.00. The minimum Gasteiger partial charge on any atom is -0.479 e. The number of hydrogen-bond donors (Lipinski definition) is 3. The molecule has 0 saturated heterocycles. The number of carbonyl (C=O) groups is 2. The molecule has 0 aromatic heterocycles. The largest absolute Gasteiger partial charge is 0.479 e. The average Bonchev–Trinajstić information content (AvgIpc) is 2.81. The summed E-state index contributed by atoms with van der Waals surface area (Å²) in [4.78, 5) is 23.7. The molecule has 7 heteroatoms. The maximum absolute atomic E-state index is 16.8. The number of aliphatic hydroxyl groups excluding tert-OH is 1. The van der Waals surface area contributed by atoms with Crippen molar-refractivity contribution in [2.75, 3.05) is 0 Å². The highest BCUT2D eigenvalue weighted by Crippen LogP contribution is 2.70. The summed E-state index contributed by atoms with van der Waals surface area (Å²) in [6.07, 6.45) is 0.214. The van der Waals surface area contributed by atoms with Crippen molar-refractivity contribution in [3.05, 3.63) is 23.8 Å². The second kappa shape index (κ2) is 5.51. The number of carbonyl (C=O) groups excluding carboxylic acids is 1. The van der Waals surface area contributed by atoms with Gasteiger partial charge in [-0.2, -0.15) is 0 Å². The van der Waals surface area contributed by atoms with Crippen molar-refractivity contribution in [2.45, 2.75) is 63.6 Å². The molecule has 0 aromatic carbocycles. The molecule has 4 rings (SSSR count). The van der Waals surface area contributed by atoms with Gasteiger partial charge in [0.05, 0.1) is 6.10 Å². The van der Waals surface area contributed by atoms with Gasteiger partial charge in [0.25, 0.3) is 0 Å². The topological polar surface area (TPSA) is 94.8 Å². The molecule has 4 aliphatic carbocycles. The van der Waals surface area contributed by atoms with Crippen molar-refractivity contribution in [1.82, 2.24) is 0 Å². The number of halogens is 2. The van der Waals surface area contributed by atoms with Crippen molar-refractivity contribution in [3.8, 4) is 0 Å². The van der Waals surface area contributed by atoms with Crippen molar-refractivity contribution >= 4 is 11.8 Å². The number of ketones is 1. The third kappa shape index (κ3) is 1.92. The van der Waals surface area contributed by atoms with Gasteiger partial charge in [-0.3, -0.25) is 4.79 Å². The number of hydrogen-bond acceptors (Lipinski definition) is 4. The summed E-state index contributed by atoms with van der Waals surface area (Å²) in [6.45, 7) is 4.67. The van der Waals surface area contributed by atoms with E-state index >= 15 is 8.78 Å². The standard InChI is InChI=1S/C21H26F2O5/c1-10-6-12-13-8-15(22)14-7-11(24)4-5-18(14,2)20(13,23)16(25)9-19(12,3)21(10,28)17(26)27/h4-5,7,10,12-13,15-16,25,28H,6,8-9H2,1-3H3,(H,26,27)/t10-,12+,13-,15-,16-,18+,19+,20-,21-/m1/s1. The van der Waals surface area contributed by atoms with E-state index in [-0.39, 0.29) is 24.8 Å². The van der Waals surface area contributed by atoms with E-state index in [0.717, 1.165) is 6.08 Å². The van der Waals surface area contributed by atoms with Crippen LogP contribution in [0.4, 0.5) is 8.78 Å². The van der Waals surface area contributed by atoms with Gasteiger partial charge >= 0.3 is 5.97 Å². The second-order valence-electron chi connectivity index (χ2n) is 9.57. The Kier molecular flexibility index (Phi) is 3.88. The third-order valence-electron chi connectivity index (χ3n) is 8.54. The Morgan fingerprint density at radius 2 is 1.89 bits per heavy atom. The van der Waals surface area contributed by atoms with Gasteiger partial charge in [0, 0.05) is 16.7 Å². The van der Waals surface area contributed by atoms with E-state index in [1.807, 2.05) is 0 Å². The molecule has 0 aliphatic heterocycles. The molecule has 0 radical (unpaired) electrons. The Labute approximate surface area is 162 Å².